The lowest BCUT2D eigenvalue weighted by Crippen LogP contribution is -2.13. The number of carbonyl (C=O) groups is 1. The van der Waals surface area contributed by atoms with E-state index in [1.54, 1.807) is 18.2 Å². The van der Waals surface area contributed by atoms with Gasteiger partial charge in [0.1, 0.15) is 4.21 Å². The summed E-state index contributed by atoms with van der Waals surface area (Å²) in [4.78, 5) is 27.3. The minimum atomic E-state index is -3.95. The number of sulfone groups is 1. The first kappa shape index (κ1) is 23.0. The van der Waals surface area contributed by atoms with E-state index in [2.05, 4.69) is 10.3 Å². The van der Waals surface area contributed by atoms with Crippen molar-refractivity contribution >= 4 is 49.5 Å². The number of anilines is 1. The first-order valence-electron chi connectivity index (χ1n) is 9.93. The number of benzene rings is 3. The molecule has 1 N–H and O–H groups in total. The molecule has 10 heteroatoms. The number of nitro groups is 1. The second-order valence-electron chi connectivity index (χ2n) is 7.03. The van der Waals surface area contributed by atoms with E-state index >= 15 is 0 Å². The van der Waals surface area contributed by atoms with Crippen molar-refractivity contribution in [1.82, 2.24) is 4.98 Å². The molecule has 1 heterocycles. The van der Waals surface area contributed by atoms with Gasteiger partial charge in [0.15, 0.2) is 5.13 Å². The molecule has 0 radical (unpaired) electrons. The van der Waals surface area contributed by atoms with Gasteiger partial charge in [-0.25, -0.2) is 13.4 Å². The fraction of sp³-hybridized carbons (Fsp3) is 0. The lowest BCUT2D eigenvalue weighted by Gasteiger charge is -2.08. The maximum absolute atomic E-state index is 13.1. The first-order chi connectivity index (χ1) is 16.3. The molecule has 0 spiro atoms. The fourth-order valence-corrected chi connectivity index (χ4v) is 5.51. The third-order valence-electron chi connectivity index (χ3n) is 4.77. The molecule has 0 atom stereocenters. The molecule has 0 bridgehead atoms. The monoisotopic (exact) mass is 491 g/mol. The van der Waals surface area contributed by atoms with Crippen LogP contribution in [0.1, 0.15) is 11.1 Å². The summed E-state index contributed by atoms with van der Waals surface area (Å²) in [7, 11) is -3.95. The van der Waals surface area contributed by atoms with Crippen LogP contribution in [0, 0.1) is 10.1 Å². The molecule has 4 aromatic rings. The molecule has 0 unspecified atom stereocenters. The molecule has 34 heavy (non-hydrogen) atoms. The Bertz CT molecular complexity index is 1460. The summed E-state index contributed by atoms with van der Waals surface area (Å²) in [6, 6.07) is 23.0. The summed E-state index contributed by atoms with van der Waals surface area (Å²) in [5, 5.41) is 13.6. The molecular formula is C24H17N3O5S2. The van der Waals surface area contributed by atoms with E-state index in [9.17, 15) is 23.3 Å². The molecule has 170 valence electrons. The maximum atomic E-state index is 13.1. The quantitative estimate of drug-likeness (QED) is 0.167. The Morgan fingerprint density at radius 3 is 2.18 bits per heavy atom. The number of nitro benzene ring substituents is 1. The highest BCUT2D eigenvalue weighted by Crippen LogP contribution is 2.30. The van der Waals surface area contributed by atoms with Crippen LogP contribution in [0.5, 0.6) is 0 Å². The second kappa shape index (κ2) is 9.77. The zero-order chi connectivity index (χ0) is 24.1. The van der Waals surface area contributed by atoms with Gasteiger partial charge in [0.05, 0.1) is 16.0 Å². The minimum Gasteiger partial charge on any atom is -0.298 e. The Morgan fingerprint density at radius 1 is 0.941 bits per heavy atom. The van der Waals surface area contributed by atoms with Crippen LogP contribution in [-0.4, -0.2) is 24.2 Å². The number of aromatic nitrogens is 1. The molecule has 0 saturated heterocycles. The number of nitrogens with one attached hydrogen (secondary N) is 1. The predicted molar refractivity (Wildman–Crippen MR) is 130 cm³/mol. The Kier molecular flexibility index (Phi) is 6.62. The lowest BCUT2D eigenvalue weighted by atomic mass is 10.0. The van der Waals surface area contributed by atoms with E-state index in [0.29, 0.717) is 11.1 Å². The summed E-state index contributed by atoms with van der Waals surface area (Å²) >= 11 is 0.800. The summed E-state index contributed by atoms with van der Waals surface area (Å²) in [6.07, 6.45) is 2.90. The van der Waals surface area contributed by atoms with Gasteiger partial charge in [0.25, 0.3) is 11.6 Å². The average Bonchev–Trinajstić information content (AvgIpc) is 3.33. The van der Waals surface area contributed by atoms with Gasteiger partial charge in [-0.15, -0.1) is 0 Å². The van der Waals surface area contributed by atoms with Gasteiger partial charge in [0.2, 0.25) is 9.84 Å². The highest BCUT2D eigenvalue weighted by atomic mass is 32.2. The van der Waals surface area contributed by atoms with Crippen molar-refractivity contribution in [2.45, 2.75) is 9.10 Å². The second-order valence-corrected chi connectivity index (χ2v) is 10.2. The number of rotatable bonds is 7. The highest BCUT2D eigenvalue weighted by Gasteiger charge is 2.23. The van der Waals surface area contributed by atoms with E-state index in [4.69, 9.17) is 0 Å². The van der Waals surface area contributed by atoms with E-state index in [1.807, 2.05) is 48.5 Å². The average molecular weight is 492 g/mol. The Labute approximate surface area is 199 Å². The topological polar surface area (TPSA) is 119 Å². The summed E-state index contributed by atoms with van der Waals surface area (Å²) in [5.74, 6) is -0.441. The standard InChI is InChI=1S/C24H17N3O5S2/c28-23(21(18-9-5-2-6-10-18)15-17-7-3-1-4-8-17)26-24-25-16-22(33-24)34(31,32)20-13-11-19(12-14-20)27(29)30/h1-16H,(H,25,26,28)/b21-15-. The van der Waals surface area contributed by atoms with Gasteiger partial charge in [0, 0.05) is 17.7 Å². The Morgan fingerprint density at radius 2 is 1.56 bits per heavy atom. The van der Waals surface area contributed by atoms with Crippen molar-refractivity contribution in [2.24, 2.45) is 0 Å². The molecule has 4 rings (SSSR count). The van der Waals surface area contributed by atoms with Crippen LogP contribution < -0.4 is 5.32 Å². The molecule has 0 aliphatic carbocycles. The number of hydrogen-bond acceptors (Lipinski definition) is 7. The summed E-state index contributed by atoms with van der Waals surface area (Å²) in [6.45, 7) is 0. The normalized spacial score (nSPS) is 11.7. The SMILES string of the molecule is O=C(Nc1ncc(S(=O)(=O)c2ccc([N+](=O)[O-])cc2)s1)/C(=C\c1ccccc1)c1ccccc1. The van der Waals surface area contributed by atoms with E-state index in [-0.39, 0.29) is 19.9 Å². The number of carbonyl (C=O) groups excluding carboxylic acids is 1. The molecule has 1 aromatic heterocycles. The molecule has 0 aliphatic rings. The zero-order valence-corrected chi connectivity index (χ0v) is 19.1. The van der Waals surface area contributed by atoms with E-state index in [0.717, 1.165) is 35.2 Å². The number of thiazole rings is 1. The van der Waals surface area contributed by atoms with Crippen LogP contribution >= 0.6 is 11.3 Å². The smallest absolute Gasteiger partial charge is 0.269 e. The van der Waals surface area contributed by atoms with Crippen molar-refractivity contribution in [2.75, 3.05) is 5.32 Å². The van der Waals surface area contributed by atoms with Crippen LogP contribution in [0.25, 0.3) is 11.6 Å². The third kappa shape index (κ3) is 5.08. The van der Waals surface area contributed by atoms with Crippen LogP contribution in [0.15, 0.2) is 100 Å². The summed E-state index contributed by atoms with van der Waals surface area (Å²) < 4.78 is 25.7. The Hall–Kier alpha value is -4.15. The molecular weight excluding hydrogens is 474 g/mol. The predicted octanol–water partition coefficient (Wildman–Crippen LogP) is 5.06. The van der Waals surface area contributed by atoms with Gasteiger partial charge in [-0.3, -0.25) is 20.2 Å². The lowest BCUT2D eigenvalue weighted by molar-refractivity contribution is -0.384. The molecule has 1 amide bonds. The van der Waals surface area contributed by atoms with Gasteiger partial charge >= 0.3 is 0 Å². The molecule has 3 aromatic carbocycles. The third-order valence-corrected chi connectivity index (χ3v) is 7.91. The largest absolute Gasteiger partial charge is 0.298 e. The molecule has 0 aliphatic heterocycles. The van der Waals surface area contributed by atoms with Crippen molar-refractivity contribution in [1.29, 1.82) is 0 Å². The van der Waals surface area contributed by atoms with Crippen LogP contribution in [-0.2, 0) is 14.6 Å². The maximum Gasteiger partial charge on any atom is 0.269 e. The van der Waals surface area contributed by atoms with Crippen LogP contribution in [0.3, 0.4) is 0 Å². The minimum absolute atomic E-state index is 0.0926. The zero-order valence-electron chi connectivity index (χ0n) is 17.5. The number of amides is 1. The molecule has 8 nitrogen and oxygen atoms in total. The van der Waals surface area contributed by atoms with Gasteiger partial charge in [-0.05, 0) is 29.3 Å². The van der Waals surface area contributed by atoms with Gasteiger partial charge in [-0.1, -0.05) is 72.0 Å². The van der Waals surface area contributed by atoms with Crippen molar-refractivity contribution < 1.29 is 18.1 Å². The van der Waals surface area contributed by atoms with Crippen LogP contribution in [0.4, 0.5) is 10.8 Å². The Balaban J connectivity index is 1.60. The fourth-order valence-electron chi connectivity index (χ4n) is 3.08. The number of nitrogens with zero attached hydrogens (tertiary/aromatic N) is 2. The van der Waals surface area contributed by atoms with E-state index < -0.39 is 20.7 Å². The van der Waals surface area contributed by atoms with Gasteiger partial charge in [-0.2, -0.15) is 0 Å². The molecule has 0 fully saturated rings. The van der Waals surface area contributed by atoms with E-state index in [1.165, 1.54) is 12.1 Å². The number of hydrogen-bond donors (Lipinski definition) is 1. The number of non-ortho nitro benzene ring substituents is 1. The first-order valence-corrected chi connectivity index (χ1v) is 12.2. The summed E-state index contributed by atoms with van der Waals surface area (Å²) in [5.41, 5.74) is 1.70. The highest BCUT2D eigenvalue weighted by molar-refractivity contribution is 7.93. The van der Waals surface area contributed by atoms with Crippen molar-refractivity contribution in [3.63, 3.8) is 0 Å². The van der Waals surface area contributed by atoms with Gasteiger partial charge < -0.3 is 0 Å². The van der Waals surface area contributed by atoms with Crippen LogP contribution in [0.2, 0.25) is 0 Å². The van der Waals surface area contributed by atoms with Crippen molar-refractivity contribution in [3.8, 4) is 0 Å². The molecule has 0 saturated carbocycles. The van der Waals surface area contributed by atoms with Crippen molar-refractivity contribution in [3.05, 3.63) is 112 Å².